The predicted octanol–water partition coefficient (Wildman–Crippen LogP) is 13.0. The molecule has 0 aromatic rings. The van der Waals surface area contributed by atoms with Gasteiger partial charge in [0.05, 0.1) is 27.7 Å². The van der Waals surface area contributed by atoms with Crippen molar-refractivity contribution in [3.8, 4) is 0 Å². The number of hydrogen-bond donors (Lipinski definition) is 1. The molecule has 0 fully saturated rings. The molecule has 0 spiro atoms. The molecule has 0 amide bonds. The molecular formula is C45H89NO8P+. The number of allylic oxidation sites excluding steroid dienone is 2. The molecule has 1 unspecified atom stereocenters. The highest BCUT2D eigenvalue weighted by molar-refractivity contribution is 7.47. The maximum absolute atomic E-state index is 12.7. The first kappa shape index (κ1) is 53.8. The summed E-state index contributed by atoms with van der Waals surface area (Å²) in [6.45, 7) is 4.43. The normalized spacial score (nSPS) is 13.6. The third-order valence-electron chi connectivity index (χ3n) is 10.0. The highest BCUT2D eigenvalue weighted by Crippen LogP contribution is 2.43. The average Bonchev–Trinajstić information content (AvgIpc) is 3.13. The van der Waals surface area contributed by atoms with Gasteiger partial charge in [-0.25, -0.2) is 4.57 Å². The second kappa shape index (κ2) is 38.3. The third-order valence-corrected chi connectivity index (χ3v) is 11.0. The molecule has 9 nitrogen and oxygen atoms in total. The Morgan fingerprint density at radius 3 is 1.35 bits per heavy atom. The predicted molar refractivity (Wildman–Crippen MR) is 229 cm³/mol. The Morgan fingerprint density at radius 1 is 0.545 bits per heavy atom. The Bertz CT molecular complexity index is 954. The summed E-state index contributed by atoms with van der Waals surface area (Å²) in [7, 11) is 1.48. The number of esters is 2. The summed E-state index contributed by atoms with van der Waals surface area (Å²) >= 11 is 0. The molecule has 0 saturated heterocycles. The first-order chi connectivity index (χ1) is 26.5. The summed E-state index contributed by atoms with van der Waals surface area (Å²) in [5, 5.41) is 0. The summed E-state index contributed by atoms with van der Waals surface area (Å²) in [6.07, 6.45) is 39.7. The molecule has 0 bridgehead atoms. The van der Waals surface area contributed by atoms with Gasteiger partial charge in [-0.2, -0.15) is 0 Å². The van der Waals surface area contributed by atoms with E-state index in [1.807, 2.05) is 21.1 Å². The van der Waals surface area contributed by atoms with Gasteiger partial charge in [-0.3, -0.25) is 18.6 Å². The first-order valence-corrected chi connectivity index (χ1v) is 24.4. The summed E-state index contributed by atoms with van der Waals surface area (Å²) < 4.78 is 34.3. The van der Waals surface area contributed by atoms with Crippen molar-refractivity contribution in [1.29, 1.82) is 0 Å². The fraction of sp³-hybridized carbons (Fsp3) is 0.911. The molecule has 326 valence electrons. The van der Waals surface area contributed by atoms with Crippen molar-refractivity contribution in [2.24, 2.45) is 0 Å². The van der Waals surface area contributed by atoms with Gasteiger partial charge in [-0.15, -0.1) is 0 Å². The van der Waals surface area contributed by atoms with Crippen molar-refractivity contribution < 1.29 is 42.1 Å². The van der Waals surface area contributed by atoms with Gasteiger partial charge >= 0.3 is 19.8 Å². The smallest absolute Gasteiger partial charge is 0.462 e. The number of phosphoric ester groups is 1. The van der Waals surface area contributed by atoms with Crippen molar-refractivity contribution in [2.45, 2.75) is 219 Å². The number of likely N-dealkylation sites (N-methyl/N-ethyl adjacent to an activating group) is 1. The lowest BCUT2D eigenvalue weighted by Crippen LogP contribution is -2.37. The van der Waals surface area contributed by atoms with Crippen LogP contribution in [0, 0.1) is 0 Å². The van der Waals surface area contributed by atoms with Crippen molar-refractivity contribution in [2.75, 3.05) is 47.5 Å². The van der Waals surface area contributed by atoms with Crippen LogP contribution < -0.4 is 0 Å². The van der Waals surface area contributed by atoms with Crippen molar-refractivity contribution in [3.05, 3.63) is 12.2 Å². The van der Waals surface area contributed by atoms with Crippen molar-refractivity contribution in [3.63, 3.8) is 0 Å². The lowest BCUT2D eigenvalue weighted by Gasteiger charge is -2.24. The van der Waals surface area contributed by atoms with E-state index >= 15 is 0 Å². The lowest BCUT2D eigenvalue weighted by atomic mass is 10.0. The molecular weight excluding hydrogens is 713 g/mol. The second-order valence-corrected chi connectivity index (χ2v) is 18.2. The van der Waals surface area contributed by atoms with Crippen LogP contribution in [0.2, 0.25) is 0 Å². The average molecular weight is 803 g/mol. The molecule has 55 heavy (non-hydrogen) atoms. The van der Waals surface area contributed by atoms with E-state index in [0.717, 1.165) is 51.4 Å². The highest BCUT2D eigenvalue weighted by atomic mass is 31.2. The van der Waals surface area contributed by atoms with Crippen molar-refractivity contribution >= 4 is 19.8 Å². The molecule has 2 atom stereocenters. The molecule has 0 aliphatic carbocycles. The van der Waals surface area contributed by atoms with Gasteiger partial charge in [0.25, 0.3) is 0 Å². The number of carbonyl (C=O) groups excluding carboxylic acids is 2. The highest BCUT2D eigenvalue weighted by Gasteiger charge is 2.27. The number of nitrogens with zero attached hydrogens (tertiary/aromatic N) is 1. The van der Waals surface area contributed by atoms with Crippen LogP contribution in [0.4, 0.5) is 0 Å². The number of ether oxygens (including phenoxy) is 2. The topological polar surface area (TPSA) is 108 Å². The van der Waals surface area contributed by atoms with Gasteiger partial charge in [-0.05, 0) is 38.5 Å². The number of hydrogen-bond acceptors (Lipinski definition) is 7. The Hall–Kier alpha value is -1.25. The van der Waals surface area contributed by atoms with Crippen LogP contribution in [0.3, 0.4) is 0 Å². The number of phosphoric acid groups is 1. The standard InChI is InChI=1S/C45H88NO8P/c1-6-8-10-12-14-16-18-20-22-23-24-26-27-29-31-33-35-37-44(47)51-41-43(42-53-55(49,50)52-40-39-46(3,4)5)54-45(48)38-36-34-32-30-28-25-21-19-17-15-13-11-9-7-2/h19,21,43H,6-18,20,22-42H2,1-5H3/p+1/b21-19-/t43-/m1/s1. The van der Waals surface area contributed by atoms with Gasteiger partial charge in [0.2, 0.25) is 0 Å². The first-order valence-electron chi connectivity index (χ1n) is 22.9. The largest absolute Gasteiger partial charge is 0.472 e. The molecule has 0 heterocycles. The van der Waals surface area contributed by atoms with Gasteiger partial charge < -0.3 is 18.9 Å². The molecule has 0 aromatic heterocycles. The Morgan fingerprint density at radius 2 is 0.927 bits per heavy atom. The zero-order valence-electron chi connectivity index (χ0n) is 36.7. The summed E-state index contributed by atoms with van der Waals surface area (Å²) in [5.41, 5.74) is 0. The van der Waals surface area contributed by atoms with E-state index in [4.69, 9.17) is 18.5 Å². The number of carbonyl (C=O) groups is 2. The molecule has 1 N–H and O–H groups in total. The van der Waals surface area contributed by atoms with Gasteiger partial charge in [-0.1, -0.05) is 174 Å². The van der Waals surface area contributed by atoms with Gasteiger partial charge in [0.1, 0.15) is 19.8 Å². The maximum Gasteiger partial charge on any atom is 0.472 e. The van der Waals surface area contributed by atoms with Crippen LogP contribution in [-0.2, 0) is 32.7 Å². The van der Waals surface area contributed by atoms with Crippen LogP contribution in [0.25, 0.3) is 0 Å². The van der Waals surface area contributed by atoms with E-state index in [-0.39, 0.29) is 25.6 Å². The Balaban J connectivity index is 4.30. The molecule has 0 aliphatic heterocycles. The van der Waals surface area contributed by atoms with Crippen LogP contribution >= 0.6 is 7.82 Å². The second-order valence-electron chi connectivity index (χ2n) is 16.8. The van der Waals surface area contributed by atoms with Crippen molar-refractivity contribution in [1.82, 2.24) is 0 Å². The zero-order chi connectivity index (χ0) is 40.7. The van der Waals surface area contributed by atoms with E-state index in [0.29, 0.717) is 23.9 Å². The lowest BCUT2D eigenvalue weighted by molar-refractivity contribution is -0.870. The number of rotatable bonds is 42. The van der Waals surface area contributed by atoms with Crippen LogP contribution in [0.1, 0.15) is 213 Å². The molecule has 0 rings (SSSR count). The van der Waals surface area contributed by atoms with E-state index in [2.05, 4.69) is 26.0 Å². The molecule has 0 saturated carbocycles. The fourth-order valence-electron chi connectivity index (χ4n) is 6.42. The van der Waals surface area contributed by atoms with Crippen LogP contribution in [0.5, 0.6) is 0 Å². The minimum atomic E-state index is -4.37. The van der Waals surface area contributed by atoms with E-state index in [1.165, 1.54) is 128 Å². The summed E-state index contributed by atoms with van der Waals surface area (Å²) in [5.74, 6) is -0.798. The van der Waals surface area contributed by atoms with E-state index < -0.39 is 26.5 Å². The quantitative estimate of drug-likeness (QED) is 0.0214. The fourth-order valence-corrected chi connectivity index (χ4v) is 7.16. The van der Waals surface area contributed by atoms with E-state index in [9.17, 15) is 19.0 Å². The minimum absolute atomic E-state index is 0.0332. The van der Waals surface area contributed by atoms with Gasteiger partial charge in [0, 0.05) is 12.8 Å². The minimum Gasteiger partial charge on any atom is -0.462 e. The monoisotopic (exact) mass is 803 g/mol. The Kier molecular flexibility index (Phi) is 37.4. The summed E-state index contributed by atoms with van der Waals surface area (Å²) in [4.78, 5) is 35.4. The SMILES string of the molecule is CCCCCCC/C=C\CCCCCCCC(=O)O[C@H](COC(=O)CCCCCCCCCCCCCCCCCCC)COP(=O)(O)OCC[N+](C)(C)C. The van der Waals surface area contributed by atoms with Crippen LogP contribution in [0.15, 0.2) is 12.2 Å². The Labute approximate surface area is 339 Å². The molecule has 0 aliphatic rings. The van der Waals surface area contributed by atoms with E-state index in [1.54, 1.807) is 0 Å². The third kappa shape index (κ3) is 42.2. The number of unbranched alkanes of at least 4 members (excludes halogenated alkanes) is 26. The van der Waals surface area contributed by atoms with Gasteiger partial charge in [0.15, 0.2) is 6.10 Å². The van der Waals surface area contributed by atoms with Crippen LogP contribution in [-0.4, -0.2) is 74.9 Å². The molecule has 10 heteroatoms. The molecule has 0 radical (unpaired) electrons. The summed E-state index contributed by atoms with van der Waals surface area (Å²) in [6, 6.07) is 0. The zero-order valence-corrected chi connectivity index (χ0v) is 37.6. The maximum atomic E-state index is 12.7. The molecule has 0 aromatic carbocycles. The number of quaternary nitrogens is 1.